The van der Waals surface area contributed by atoms with Crippen molar-refractivity contribution in [2.45, 2.75) is 6.92 Å². The van der Waals surface area contributed by atoms with E-state index in [4.69, 9.17) is 11.1 Å². The van der Waals surface area contributed by atoms with Crippen molar-refractivity contribution in [3.05, 3.63) is 53.7 Å². The third-order valence-electron chi connectivity index (χ3n) is 2.82. The number of nitrogens with zero attached hydrogens (tertiary/aromatic N) is 2. The molecule has 0 radical (unpaired) electrons. The molecule has 1 aromatic carbocycles. The zero-order chi connectivity index (χ0) is 13.1. The van der Waals surface area contributed by atoms with Crippen LogP contribution in [0.15, 0.2) is 42.6 Å². The number of aryl methyl sites for hydroxylation is 1. The lowest BCUT2D eigenvalue weighted by molar-refractivity contribution is 1.12. The van der Waals surface area contributed by atoms with E-state index in [1.54, 1.807) is 12.3 Å². The van der Waals surface area contributed by atoms with Crippen molar-refractivity contribution in [3.8, 4) is 0 Å². The first-order valence-electron chi connectivity index (χ1n) is 5.69. The molecule has 4 nitrogen and oxygen atoms in total. The van der Waals surface area contributed by atoms with Crippen LogP contribution >= 0.6 is 0 Å². The number of aromatic nitrogens is 1. The fourth-order valence-electron chi connectivity index (χ4n) is 1.64. The Kier molecular flexibility index (Phi) is 3.28. The summed E-state index contributed by atoms with van der Waals surface area (Å²) in [6.45, 7) is 2.06. The molecule has 18 heavy (non-hydrogen) atoms. The fourth-order valence-corrected chi connectivity index (χ4v) is 1.64. The largest absolute Gasteiger partial charge is 0.384 e. The summed E-state index contributed by atoms with van der Waals surface area (Å²) in [5.74, 6) is 0.857. The van der Waals surface area contributed by atoms with E-state index in [1.165, 1.54) is 5.56 Å². The second-order valence-corrected chi connectivity index (χ2v) is 4.21. The third kappa shape index (κ3) is 2.48. The summed E-state index contributed by atoms with van der Waals surface area (Å²) in [6, 6.07) is 11.9. The van der Waals surface area contributed by atoms with E-state index < -0.39 is 0 Å². The summed E-state index contributed by atoms with van der Waals surface area (Å²) in [7, 11) is 1.96. The maximum absolute atomic E-state index is 7.33. The highest BCUT2D eigenvalue weighted by molar-refractivity contribution is 5.94. The van der Waals surface area contributed by atoms with Crippen LogP contribution < -0.4 is 10.6 Å². The molecule has 2 aromatic rings. The van der Waals surface area contributed by atoms with Crippen LogP contribution in [0.1, 0.15) is 11.1 Å². The van der Waals surface area contributed by atoms with Gasteiger partial charge in [-0.3, -0.25) is 5.41 Å². The molecular weight excluding hydrogens is 224 g/mol. The topological polar surface area (TPSA) is 66.0 Å². The van der Waals surface area contributed by atoms with E-state index in [1.807, 2.05) is 18.0 Å². The van der Waals surface area contributed by atoms with Gasteiger partial charge in [-0.15, -0.1) is 0 Å². The summed E-state index contributed by atoms with van der Waals surface area (Å²) in [6.07, 6.45) is 1.61. The van der Waals surface area contributed by atoms with Gasteiger partial charge in [0.05, 0.1) is 0 Å². The lowest BCUT2D eigenvalue weighted by Gasteiger charge is -2.18. The molecule has 0 aliphatic rings. The number of nitrogen functional groups attached to an aromatic ring is 1. The first-order valence-corrected chi connectivity index (χ1v) is 5.69. The molecule has 0 spiro atoms. The van der Waals surface area contributed by atoms with Gasteiger partial charge >= 0.3 is 0 Å². The number of hydrogen-bond donors (Lipinski definition) is 2. The van der Waals surface area contributed by atoms with Gasteiger partial charge in [0.2, 0.25) is 0 Å². The normalized spacial score (nSPS) is 10.1. The van der Waals surface area contributed by atoms with Crippen molar-refractivity contribution in [1.82, 2.24) is 4.98 Å². The van der Waals surface area contributed by atoms with Gasteiger partial charge in [-0.05, 0) is 31.2 Å². The average molecular weight is 240 g/mol. The van der Waals surface area contributed by atoms with Gasteiger partial charge in [0, 0.05) is 24.5 Å². The van der Waals surface area contributed by atoms with Gasteiger partial charge in [0.25, 0.3) is 0 Å². The van der Waals surface area contributed by atoms with Crippen LogP contribution in [0.25, 0.3) is 0 Å². The van der Waals surface area contributed by atoms with E-state index in [0.717, 1.165) is 11.5 Å². The predicted octanol–water partition coefficient (Wildman–Crippen LogP) is 2.44. The molecule has 4 heteroatoms. The number of anilines is 2. The van der Waals surface area contributed by atoms with E-state index in [-0.39, 0.29) is 5.84 Å². The van der Waals surface area contributed by atoms with Gasteiger partial charge in [-0.2, -0.15) is 0 Å². The standard InChI is InChI=1S/C14H16N4/c1-10-3-6-12(7-4-10)18(2)13-8-5-11(9-17-13)14(15)16/h3-9H,1-2H3,(H3,15,16). The maximum atomic E-state index is 7.33. The molecule has 92 valence electrons. The number of benzene rings is 1. The molecule has 0 bridgehead atoms. The summed E-state index contributed by atoms with van der Waals surface area (Å²) in [5.41, 5.74) is 8.33. The molecule has 0 amide bonds. The molecule has 1 aromatic heterocycles. The van der Waals surface area contributed by atoms with Crippen molar-refractivity contribution >= 4 is 17.3 Å². The number of hydrogen-bond acceptors (Lipinski definition) is 3. The van der Waals surface area contributed by atoms with Crippen LogP contribution in [0.2, 0.25) is 0 Å². The van der Waals surface area contributed by atoms with Crippen LogP contribution in [0.5, 0.6) is 0 Å². The van der Waals surface area contributed by atoms with E-state index >= 15 is 0 Å². The van der Waals surface area contributed by atoms with Crippen molar-refractivity contribution in [2.24, 2.45) is 5.73 Å². The zero-order valence-corrected chi connectivity index (χ0v) is 10.5. The molecule has 0 saturated carbocycles. The molecule has 0 atom stereocenters. The molecule has 0 unspecified atom stereocenters. The molecule has 2 rings (SSSR count). The van der Waals surface area contributed by atoms with Crippen molar-refractivity contribution in [2.75, 3.05) is 11.9 Å². The van der Waals surface area contributed by atoms with Gasteiger partial charge in [-0.25, -0.2) is 4.98 Å². The predicted molar refractivity (Wildman–Crippen MR) is 74.5 cm³/mol. The monoisotopic (exact) mass is 240 g/mol. The highest BCUT2D eigenvalue weighted by atomic mass is 15.2. The van der Waals surface area contributed by atoms with Crippen LogP contribution in [0.4, 0.5) is 11.5 Å². The Hall–Kier alpha value is -2.36. The first kappa shape index (κ1) is 12.1. The Morgan fingerprint density at radius 1 is 1.17 bits per heavy atom. The fraction of sp³-hybridized carbons (Fsp3) is 0.143. The van der Waals surface area contributed by atoms with Crippen LogP contribution in [0, 0.1) is 12.3 Å². The molecular formula is C14H16N4. The average Bonchev–Trinajstić information content (AvgIpc) is 2.39. The summed E-state index contributed by atoms with van der Waals surface area (Å²) < 4.78 is 0. The Morgan fingerprint density at radius 3 is 2.33 bits per heavy atom. The van der Waals surface area contributed by atoms with Crippen LogP contribution in [-0.2, 0) is 0 Å². The summed E-state index contributed by atoms with van der Waals surface area (Å²) in [4.78, 5) is 6.29. The maximum Gasteiger partial charge on any atom is 0.132 e. The second-order valence-electron chi connectivity index (χ2n) is 4.21. The Balaban J connectivity index is 2.25. The minimum absolute atomic E-state index is 0.0343. The Labute approximate surface area is 107 Å². The lowest BCUT2D eigenvalue weighted by atomic mass is 10.2. The second kappa shape index (κ2) is 4.87. The minimum Gasteiger partial charge on any atom is -0.384 e. The van der Waals surface area contributed by atoms with E-state index in [2.05, 4.69) is 36.2 Å². The van der Waals surface area contributed by atoms with Gasteiger partial charge < -0.3 is 10.6 Å². The number of pyridine rings is 1. The van der Waals surface area contributed by atoms with E-state index in [9.17, 15) is 0 Å². The summed E-state index contributed by atoms with van der Waals surface area (Å²) >= 11 is 0. The molecule has 0 saturated heterocycles. The van der Waals surface area contributed by atoms with Crippen molar-refractivity contribution < 1.29 is 0 Å². The van der Waals surface area contributed by atoms with Crippen LogP contribution in [-0.4, -0.2) is 17.9 Å². The Bertz CT molecular complexity index is 543. The number of nitrogens with one attached hydrogen (secondary N) is 1. The Morgan fingerprint density at radius 2 is 1.83 bits per heavy atom. The molecule has 0 aliphatic heterocycles. The van der Waals surface area contributed by atoms with Crippen molar-refractivity contribution in [3.63, 3.8) is 0 Å². The minimum atomic E-state index is 0.0343. The zero-order valence-electron chi connectivity index (χ0n) is 10.5. The molecule has 0 fully saturated rings. The quantitative estimate of drug-likeness (QED) is 0.639. The van der Waals surface area contributed by atoms with E-state index in [0.29, 0.717) is 5.56 Å². The smallest absolute Gasteiger partial charge is 0.132 e. The van der Waals surface area contributed by atoms with Crippen LogP contribution in [0.3, 0.4) is 0 Å². The number of nitrogens with two attached hydrogens (primary N) is 1. The number of rotatable bonds is 3. The summed E-state index contributed by atoms with van der Waals surface area (Å²) in [5, 5.41) is 7.33. The first-order chi connectivity index (χ1) is 8.58. The molecule has 0 aliphatic carbocycles. The third-order valence-corrected chi connectivity index (χ3v) is 2.82. The highest BCUT2D eigenvalue weighted by Crippen LogP contribution is 2.21. The van der Waals surface area contributed by atoms with Gasteiger partial charge in [-0.1, -0.05) is 17.7 Å². The lowest BCUT2D eigenvalue weighted by Crippen LogP contribution is -2.14. The van der Waals surface area contributed by atoms with Gasteiger partial charge in [0.15, 0.2) is 0 Å². The number of amidine groups is 1. The molecule has 1 heterocycles. The van der Waals surface area contributed by atoms with Crippen molar-refractivity contribution in [1.29, 1.82) is 5.41 Å². The highest BCUT2D eigenvalue weighted by Gasteiger charge is 2.05. The SMILES string of the molecule is Cc1ccc(N(C)c2ccc(C(=N)N)cn2)cc1. The molecule has 3 N–H and O–H groups in total. The van der Waals surface area contributed by atoms with Gasteiger partial charge in [0.1, 0.15) is 11.7 Å².